The largest absolute Gasteiger partial charge is 0.481 e. The van der Waals surface area contributed by atoms with Gasteiger partial charge in [-0.15, -0.1) is 0 Å². The lowest BCUT2D eigenvalue weighted by atomic mass is 10.1. The van der Waals surface area contributed by atoms with Crippen LogP contribution in [-0.4, -0.2) is 29.7 Å². The van der Waals surface area contributed by atoms with Crippen LogP contribution in [0.3, 0.4) is 0 Å². The minimum atomic E-state index is -0.834. The van der Waals surface area contributed by atoms with Crippen LogP contribution < -0.4 is 10.2 Å². The van der Waals surface area contributed by atoms with Crippen molar-refractivity contribution in [1.82, 2.24) is 5.32 Å². The number of carbonyl (C=O) groups excluding carboxylic acids is 1. The van der Waals surface area contributed by atoms with Gasteiger partial charge in [-0.05, 0) is 43.5 Å². The molecule has 0 aromatic heterocycles. The lowest BCUT2D eigenvalue weighted by Gasteiger charge is -2.16. The smallest absolute Gasteiger partial charge is 0.322 e. The van der Waals surface area contributed by atoms with E-state index >= 15 is 0 Å². The van der Waals surface area contributed by atoms with Crippen molar-refractivity contribution in [1.29, 1.82) is 0 Å². The highest BCUT2D eigenvalue weighted by molar-refractivity contribution is 5.94. The molecule has 1 aromatic rings. The van der Waals surface area contributed by atoms with Crippen LogP contribution >= 0.6 is 0 Å². The molecule has 0 aliphatic carbocycles. The molecule has 0 saturated carbocycles. The van der Waals surface area contributed by atoms with E-state index in [0.29, 0.717) is 13.0 Å². The van der Waals surface area contributed by atoms with Crippen LogP contribution in [0, 0.1) is 13.8 Å². The molecule has 0 bridgehead atoms. The first-order valence-electron chi connectivity index (χ1n) is 6.34. The summed E-state index contributed by atoms with van der Waals surface area (Å²) in [4.78, 5) is 24.1. The van der Waals surface area contributed by atoms with Gasteiger partial charge in [0.05, 0.1) is 0 Å². The molecule has 5 heteroatoms. The fourth-order valence-corrected chi connectivity index (χ4v) is 2.39. The Balaban J connectivity index is 2.09. The number of aryl methyl sites for hydroxylation is 2. The van der Waals surface area contributed by atoms with Crippen molar-refractivity contribution in [2.75, 3.05) is 11.4 Å². The monoisotopic (exact) mass is 262 g/mol. The van der Waals surface area contributed by atoms with Crippen LogP contribution in [0.2, 0.25) is 0 Å². The van der Waals surface area contributed by atoms with Gasteiger partial charge in [-0.1, -0.05) is 6.07 Å². The summed E-state index contributed by atoms with van der Waals surface area (Å²) in [5.41, 5.74) is 3.08. The van der Waals surface area contributed by atoms with Crippen LogP contribution in [-0.2, 0) is 4.79 Å². The minimum absolute atomic E-state index is 0.0750. The van der Waals surface area contributed by atoms with Crippen molar-refractivity contribution in [2.24, 2.45) is 0 Å². The van der Waals surface area contributed by atoms with Crippen molar-refractivity contribution in [3.05, 3.63) is 29.3 Å². The number of urea groups is 1. The van der Waals surface area contributed by atoms with Gasteiger partial charge >= 0.3 is 12.0 Å². The van der Waals surface area contributed by atoms with Gasteiger partial charge in [0.15, 0.2) is 0 Å². The van der Waals surface area contributed by atoms with Crippen LogP contribution in [0.15, 0.2) is 18.2 Å². The van der Waals surface area contributed by atoms with E-state index < -0.39 is 5.97 Å². The van der Waals surface area contributed by atoms with Crippen LogP contribution in [0.4, 0.5) is 10.5 Å². The molecule has 2 N–H and O–H groups in total. The number of rotatable bonds is 4. The molecule has 0 spiro atoms. The Hall–Kier alpha value is -2.04. The third-order valence-corrected chi connectivity index (χ3v) is 3.20. The van der Waals surface area contributed by atoms with E-state index in [1.165, 1.54) is 0 Å². The molecule has 19 heavy (non-hydrogen) atoms. The molecule has 1 fully saturated rings. The third kappa shape index (κ3) is 3.24. The van der Waals surface area contributed by atoms with E-state index in [4.69, 9.17) is 5.11 Å². The first kappa shape index (κ1) is 13.4. The summed E-state index contributed by atoms with van der Waals surface area (Å²) in [7, 11) is 0. The fraction of sp³-hybridized carbons (Fsp3) is 0.429. The Labute approximate surface area is 112 Å². The number of nitrogens with one attached hydrogen (secondary N) is 1. The predicted octanol–water partition coefficient (Wildman–Crippen LogP) is 2.07. The average Bonchev–Trinajstić information content (AvgIpc) is 2.66. The number of hydrogen-bond donors (Lipinski definition) is 2. The molecule has 2 rings (SSSR count). The molecule has 0 radical (unpaired) electrons. The van der Waals surface area contributed by atoms with Gasteiger partial charge in [0.1, 0.15) is 0 Å². The predicted molar refractivity (Wildman–Crippen MR) is 72.5 cm³/mol. The number of carboxylic acids is 1. The van der Waals surface area contributed by atoms with E-state index in [9.17, 15) is 9.59 Å². The number of benzene rings is 1. The molecule has 1 unspecified atom stereocenters. The maximum atomic E-state index is 11.9. The van der Waals surface area contributed by atoms with Gasteiger partial charge < -0.3 is 10.4 Å². The van der Waals surface area contributed by atoms with Crippen LogP contribution in [0.25, 0.3) is 0 Å². The second-order valence-corrected chi connectivity index (χ2v) is 5.04. The van der Waals surface area contributed by atoms with Gasteiger partial charge in [-0.3, -0.25) is 9.69 Å². The van der Waals surface area contributed by atoms with Gasteiger partial charge in [0.2, 0.25) is 0 Å². The van der Waals surface area contributed by atoms with E-state index in [2.05, 4.69) is 11.4 Å². The van der Waals surface area contributed by atoms with Gasteiger partial charge in [0, 0.05) is 24.7 Å². The lowest BCUT2D eigenvalue weighted by Crippen LogP contribution is -2.28. The minimum Gasteiger partial charge on any atom is -0.481 e. The molecule has 2 amide bonds. The summed E-state index contributed by atoms with van der Waals surface area (Å²) >= 11 is 0. The molecule has 102 valence electrons. The van der Waals surface area contributed by atoms with Crippen molar-refractivity contribution >= 4 is 17.7 Å². The van der Waals surface area contributed by atoms with E-state index in [-0.39, 0.29) is 18.5 Å². The third-order valence-electron chi connectivity index (χ3n) is 3.20. The van der Waals surface area contributed by atoms with E-state index in [0.717, 1.165) is 16.8 Å². The van der Waals surface area contributed by atoms with Crippen molar-refractivity contribution in [2.45, 2.75) is 32.7 Å². The van der Waals surface area contributed by atoms with Gasteiger partial charge in [-0.25, -0.2) is 4.79 Å². The molecular formula is C14H18N2O3. The first-order chi connectivity index (χ1) is 8.95. The number of amides is 2. The highest BCUT2D eigenvalue weighted by Crippen LogP contribution is 2.22. The maximum absolute atomic E-state index is 11.9. The summed E-state index contributed by atoms with van der Waals surface area (Å²) in [6.45, 7) is 4.51. The Morgan fingerprint density at radius 2 is 2.00 bits per heavy atom. The molecule has 1 aromatic carbocycles. The summed E-state index contributed by atoms with van der Waals surface area (Å²) in [5, 5.41) is 11.5. The number of aliphatic carboxylic acids is 1. The quantitative estimate of drug-likeness (QED) is 0.872. The summed E-state index contributed by atoms with van der Waals surface area (Å²) in [6.07, 6.45) is 0.536. The number of carbonyl (C=O) groups is 2. The standard InChI is InChI=1S/C14H18N2O3/c1-9-5-10(2)7-12(6-9)16-8-11(15-14(16)19)3-4-13(17)18/h5-7,11H,3-4,8H2,1-2H3,(H,15,19)(H,17,18). The summed E-state index contributed by atoms with van der Waals surface area (Å²) in [5.74, 6) is -0.834. The van der Waals surface area contributed by atoms with Crippen LogP contribution in [0.1, 0.15) is 24.0 Å². The maximum Gasteiger partial charge on any atom is 0.322 e. The van der Waals surface area contributed by atoms with Crippen LogP contribution in [0.5, 0.6) is 0 Å². The highest BCUT2D eigenvalue weighted by atomic mass is 16.4. The molecular weight excluding hydrogens is 244 g/mol. The fourth-order valence-electron chi connectivity index (χ4n) is 2.39. The number of carboxylic acid groups (broad SMARTS) is 1. The second-order valence-electron chi connectivity index (χ2n) is 5.04. The summed E-state index contributed by atoms with van der Waals surface area (Å²) < 4.78 is 0. The molecule has 1 aliphatic heterocycles. The van der Waals surface area contributed by atoms with Gasteiger partial charge in [-0.2, -0.15) is 0 Å². The van der Waals surface area contributed by atoms with Crippen molar-refractivity contribution in [3.63, 3.8) is 0 Å². The SMILES string of the molecule is Cc1cc(C)cc(N2CC(CCC(=O)O)NC2=O)c1. The number of anilines is 1. The zero-order valence-corrected chi connectivity index (χ0v) is 11.1. The Bertz CT molecular complexity index is 493. The number of nitrogens with zero attached hydrogens (tertiary/aromatic N) is 1. The zero-order valence-electron chi connectivity index (χ0n) is 11.1. The zero-order chi connectivity index (χ0) is 14.0. The molecule has 5 nitrogen and oxygen atoms in total. The molecule has 1 aliphatic rings. The Morgan fingerprint density at radius 1 is 1.37 bits per heavy atom. The molecule has 1 heterocycles. The first-order valence-corrected chi connectivity index (χ1v) is 6.34. The average molecular weight is 262 g/mol. The Kier molecular flexibility index (Phi) is 3.74. The molecule has 1 saturated heterocycles. The van der Waals surface area contributed by atoms with Crippen molar-refractivity contribution < 1.29 is 14.7 Å². The Morgan fingerprint density at radius 3 is 2.58 bits per heavy atom. The molecule has 1 atom stereocenters. The van der Waals surface area contributed by atoms with E-state index in [1.807, 2.05) is 26.0 Å². The summed E-state index contributed by atoms with van der Waals surface area (Å²) in [6, 6.07) is 5.74. The number of hydrogen-bond acceptors (Lipinski definition) is 2. The highest BCUT2D eigenvalue weighted by Gasteiger charge is 2.29. The lowest BCUT2D eigenvalue weighted by molar-refractivity contribution is -0.137. The van der Waals surface area contributed by atoms with E-state index in [1.54, 1.807) is 4.90 Å². The second kappa shape index (κ2) is 5.30. The topological polar surface area (TPSA) is 69.6 Å². The van der Waals surface area contributed by atoms with Gasteiger partial charge in [0.25, 0.3) is 0 Å². The normalized spacial score (nSPS) is 18.5. The van der Waals surface area contributed by atoms with Crippen molar-refractivity contribution in [3.8, 4) is 0 Å².